The molecule has 23 heavy (non-hydrogen) atoms. The average Bonchev–Trinajstić information content (AvgIpc) is 3.05. The van der Waals surface area contributed by atoms with Crippen molar-refractivity contribution in [2.45, 2.75) is 12.3 Å². The lowest BCUT2D eigenvalue weighted by Crippen LogP contribution is -2.19. The summed E-state index contributed by atoms with van der Waals surface area (Å²) in [4.78, 5) is 0. The van der Waals surface area contributed by atoms with Gasteiger partial charge in [0.05, 0.1) is 12.3 Å². The van der Waals surface area contributed by atoms with E-state index in [0.29, 0.717) is 11.8 Å². The molecule has 7 nitrogen and oxygen atoms in total. The Labute approximate surface area is 133 Å². The molecule has 0 atom stereocenters. The summed E-state index contributed by atoms with van der Waals surface area (Å²) < 4.78 is 5.71. The number of aromatic nitrogens is 2. The van der Waals surface area contributed by atoms with Crippen molar-refractivity contribution in [1.29, 1.82) is 0 Å². The Morgan fingerprint density at radius 1 is 0.609 bits per heavy atom. The third-order valence-corrected chi connectivity index (χ3v) is 3.51. The zero-order valence-electron chi connectivity index (χ0n) is 12.4. The Kier molecular flexibility index (Phi) is 4.18. The summed E-state index contributed by atoms with van der Waals surface area (Å²) in [5.74, 6) is 0.855. The molecule has 1 heterocycles. The molecule has 0 saturated carbocycles. The number of rotatable bonds is 4. The van der Waals surface area contributed by atoms with Crippen LogP contribution in [0.25, 0.3) is 22.9 Å². The van der Waals surface area contributed by atoms with E-state index in [9.17, 15) is 0 Å². The largest absolute Gasteiger partial charge is 0.416 e. The average molecular weight is 310 g/mol. The van der Waals surface area contributed by atoms with Crippen LogP contribution in [0.4, 0.5) is 0 Å². The van der Waals surface area contributed by atoms with Crippen molar-refractivity contribution in [3.8, 4) is 22.9 Å². The predicted molar refractivity (Wildman–Crippen MR) is 87.4 cm³/mol. The van der Waals surface area contributed by atoms with Crippen LogP contribution in [0, 0.1) is 0 Å². The fourth-order valence-corrected chi connectivity index (χ4v) is 2.15. The highest BCUT2D eigenvalue weighted by molar-refractivity contribution is 5.58. The highest BCUT2D eigenvalue weighted by Gasteiger charge is 2.11. The van der Waals surface area contributed by atoms with E-state index in [2.05, 4.69) is 10.2 Å². The fourth-order valence-electron chi connectivity index (χ4n) is 2.15. The second-order valence-corrected chi connectivity index (χ2v) is 5.21. The van der Waals surface area contributed by atoms with E-state index in [1.807, 2.05) is 48.5 Å². The Hall–Kier alpha value is -2.58. The quantitative estimate of drug-likeness (QED) is 0.531. The van der Waals surface area contributed by atoms with Crippen molar-refractivity contribution in [2.75, 3.05) is 0 Å². The molecule has 0 bridgehead atoms. The highest BCUT2D eigenvalue weighted by Crippen LogP contribution is 2.25. The van der Waals surface area contributed by atoms with Crippen LogP contribution >= 0.6 is 0 Å². The molecule has 0 aliphatic carbocycles. The van der Waals surface area contributed by atoms with Crippen molar-refractivity contribution in [3.05, 3.63) is 59.7 Å². The van der Waals surface area contributed by atoms with Gasteiger partial charge in [-0.1, -0.05) is 24.3 Å². The lowest BCUT2D eigenvalue weighted by atomic mass is 10.1. The van der Waals surface area contributed by atoms with Gasteiger partial charge < -0.3 is 27.4 Å². The second-order valence-electron chi connectivity index (χ2n) is 5.21. The second kappa shape index (κ2) is 6.27. The van der Waals surface area contributed by atoms with E-state index >= 15 is 0 Å². The Balaban J connectivity index is 1.85. The minimum Gasteiger partial charge on any atom is -0.416 e. The van der Waals surface area contributed by atoms with E-state index < -0.39 is 12.3 Å². The molecule has 0 radical (unpaired) electrons. The molecule has 0 spiro atoms. The topological polar surface area (TPSA) is 143 Å². The van der Waals surface area contributed by atoms with Crippen LogP contribution < -0.4 is 22.9 Å². The Bertz CT molecular complexity index is 711. The maximum atomic E-state index is 5.71. The number of hydrogen-bond donors (Lipinski definition) is 4. The fraction of sp³-hybridized carbons (Fsp3) is 0.125. The van der Waals surface area contributed by atoms with Gasteiger partial charge in [0.15, 0.2) is 0 Å². The monoisotopic (exact) mass is 310 g/mol. The number of hydrogen-bond acceptors (Lipinski definition) is 7. The summed E-state index contributed by atoms with van der Waals surface area (Å²) in [6, 6.07) is 14.7. The molecule has 0 saturated heterocycles. The van der Waals surface area contributed by atoms with Crippen molar-refractivity contribution in [2.24, 2.45) is 22.9 Å². The van der Waals surface area contributed by atoms with Crippen LogP contribution in [-0.4, -0.2) is 10.2 Å². The van der Waals surface area contributed by atoms with Crippen molar-refractivity contribution < 1.29 is 4.42 Å². The van der Waals surface area contributed by atoms with Gasteiger partial charge in [-0.25, -0.2) is 0 Å². The molecule has 0 aliphatic heterocycles. The van der Waals surface area contributed by atoms with E-state index in [4.69, 9.17) is 27.4 Å². The van der Waals surface area contributed by atoms with Crippen LogP contribution in [-0.2, 0) is 0 Å². The smallest absolute Gasteiger partial charge is 0.248 e. The molecule has 3 rings (SSSR count). The minimum absolute atomic E-state index is 0.428. The standard InChI is InChI=1S/C16H18N6O/c17-13(18)9-1-5-11(6-2-9)15-21-22-16(23-15)12-7-3-10(4-8-12)14(19)20/h1-8,13-14H,17-20H2. The Morgan fingerprint density at radius 2 is 0.957 bits per heavy atom. The van der Waals surface area contributed by atoms with Gasteiger partial charge in [0.1, 0.15) is 0 Å². The van der Waals surface area contributed by atoms with Gasteiger partial charge in [-0.05, 0) is 35.4 Å². The molecule has 1 aromatic heterocycles. The van der Waals surface area contributed by atoms with Crippen molar-refractivity contribution >= 4 is 0 Å². The van der Waals surface area contributed by atoms with Crippen LogP contribution in [0.1, 0.15) is 23.5 Å². The van der Waals surface area contributed by atoms with Gasteiger partial charge in [0.25, 0.3) is 0 Å². The van der Waals surface area contributed by atoms with E-state index in [-0.39, 0.29) is 0 Å². The molecule has 3 aromatic rings. The van der Waals surface area contributed by atoms with Crippen LogP contribution in [0.15, 0.2) is 52.9 Å². The Morgan fingerprint density at radius 3 is 1.26 bits per heavy atom. The molecule has 7 heteroatoms. The van der Waals surface area contributed by atoms with Crippen molar-refractivity contribution in [1.82, 2.24) is 10.2 Å². The van der Waals surface area contributed by atoms with Gasteiger partial charge in [-0.3, -0.25) is 0 Å². The lowest BCUT2D eigenvalue weighted by Gasteiger charge is -2.05. The lowest BCUT2D eigenvalue weighted by molar-refractivity contribution is 0.584. The summed E-state index contributed by atoms with van der Waals surface area (Å²) in [5.41, 5.74) is 25.8. The van der Waals surface area contributed by atoms with Crippen molar-refractivity contribution in [3.63, 3.8) is 0 Å². The maximum Gasteiger partial charge on any atom is 0.248 e. The first-order valence-corrected chi connectivity index (χ1v) is 7.11. The van der Waals surface area contributed by atoms with E-state index in [0.717, 1.165) is 22.3 Å². The van der Waals surface area contributed by atoms with Gasteiger partial charge in [-0.2, -0.15) is 0 Å². The van der Waals surface area contributed by atoms with Gasteiger partial charge >= 0.3 is 0 Å². The van der Waals surface area contributed by atoms with E-state index in [1.165, 1.54) is 0 Å². The summed E-state index contributed by atoms with van der Waals surface area (Å²) in [6.07, 6.45) is -1.01. The van der Waals surface area contributed by atoms with Crippen LogP contribution in [0.3, 0.4) is 0 Å². The number of benzene rings is 2. The normalized spacial score (nSPS) is 11.4. The molecule has 0 aliphatic rings. The molecular weight excluding hydrogens is 292 g/mol. The SMILES string of the molecule is NC(N)c1ccc(-c2nnc(-c3ccc(C(N)N)cc3)o2)cc1. The summed E-state index contributed by atoms with van der Waals surface area (Å²) in [5, 5.41) is 8.13. The summed E-state index contributed by atoms with van der Waals surface area (Å²) in [7, 11) is 0. The molecule has 8 N–H and O–H groups in total. The maximum absolute atomic E-state index is 5.71. The van der Waals surface area contributed by atoms with E-state index in [1.54, 1.807) is 0 Å². The molecule has 2 aromatic carbocycles. The first-order chi connectivity index (χ1) is 11.0. The summed E-state index contributed by atoms with van der Waals surface area (Å²) in [6.45, 7) is 0. The van der Waals surface area contributed by atoms with Crippen LogP contribution in [0.5, 0.6) is 0 Å². The first-order valence-electron chi connectivity index (χ1n) is 7.11. The minimum atomic E-state index is -0.505. The van der Waals surface area contributed by atoms with Crippen LogP contribution in [0.2, 0.25) is 0 Å². The molecule has 0 unspecified atom stereocenters. The third kappa shape index (κ3) is 3.27. The predicted octanol–water partition coefficient (Wildman–Crippen LogP) is 1.24. The van der Waals surface area contributed by atoms with Gasteiger partial charge in [0, 0.05) is 11.1 Å². The first kappa shape index (κ1) is 15.3. The summed E-state index contributed by atoms with van der Waals surface area (Å²) >= 11 is 0. The zero-order valence-corrected chi connectivity index (χ0v) is 12.4. The third-order valence-electron chi connectivity index (χ3n) is 3.51. The van der Waals surface area contributed by atoms with Gasteiger partial charge in [-0.15, -0.1) is 10.2 Å². The molecule has 0 amide bonds. The zero-order chi connectivity index (χ0) is 16.4. The molecule has 0 fully saturated rings. The number of nitrogens with two attached hydrogens (primary N) is 4. The molecular formula is C16H18N6O. The highest BCUT2D eigenvalue weighted by atomic mass is 16.4. The molecule has 118 valence electrons. The van der Waals surface area contributed by atoms with Gasteiger partial charge in [0.2, 0.25) is 11.8 Å². The number of nitrogens with zero attached hydrogens (tertiary/aromatic N) is 2.